The minimum atomic E-state index is -0.483. The van der Waals surface area contributed by atoms with Gasteiger partial charge in [0.1, 0.15) is 11.8 Å². The molecule has 90 valence electrons. The fourth-order valence-electron chi connectivity index (χ4n) is 1.92. The van der Waals surface area contributed by atoms with Crippen LogP contribution in [0.4, 0.5) is 5.82 Å². The van der Waals surface area contributed by atoms with Crippen LogP contribution in [0, 0.1) is 35.3 Å². The molecule has 18 heavy (non-hydrogen) atoms. The Morgan fingerprint density at radius 1 is 1.39 bits per heavy atom. The zero-order valence-corrected chi connectivity index (χ0v) is 9.91. The topological polar surface area (TPSA) is 84.8 Å². The van der Waals surface area contributed by atoms with Crippen LogP contribution >= 0.6 is 0 Å². The van der Waals surface area contributed by atoms with Gasteiger partial charge in [-0.2, -0.15) is 9.83 Å². The number of rotatable bonds is 2. The predicted molar refractivity (Wildman–Crippen MR) is 64.4 cm³/mol. The quantitative estimate of drug-likeness (QED) is 0.597. The first-order valence-corrected chi connectivity index (χ1v) is 5.26. The fourth-order valence-corrected chi connectivity index (χ4v) is 1.92. The molecule has 0 saturated heterocycles. The highest BCUT2D eigenvalue weighted by molar-refractivity contribution is 5.53. The predicted octanol–water partition coefficient (Wildman–Crippen LogP) is 2.27. The molecule has 0 radical (unpaired) electrons. The first kappa shape index (κ1) is 11.8. The highest BCUT2D eigenvalue weighted by Gasteiger charge is 2.25. The summed E-state index contributed by atoms with van der Waals surface area (Å²) in [6.45, 7) is 3.25. The number of benzene rings is 1. The third kappa shape index (κ3) is 1.72. The summed E-state index contributed by atoms with van der Waals surface area (Å²) in [7, 11) is 0. The third-order valence-corrected chi connectivity index (χ3v) is 2.63. The van der Waals surface area contributed by atoms with Crippen LogP contribution in [0.2, 0.25) is 0 Å². The molecule has 6 nitrogen and oxygen atoms in total. The molecule has 0 aliphatic rings. The van der Waals surface area contributed by atoms with Crippen molar-refractivity contribution >= 4 is 5.82 Å². The van der Waals surface area contributed by atoms with Gasteiger partial charge in [0.25, 0.3) is 0 Å². The Morgan fingerprint density at radius 2 is 2.06 bits per heavy atom. The van der Waals surface area contributed by atoms with Crippen LogP contribution in [0.3, 0.4) is 0 Å². The zero-order chi connectivity index (χ0) is 13.3. The Labute approximate surface area is 103 Å². The lowest BCUT2D eigenvalue weighted by Crippen LogP contribution is -2.04. The molecule has 2 rings (SSSR count). The number of para-hydroxylation sites is 1. The van der Waals surface area contributed by atoms with E-state index in [1.807, 2.05) is 6.07 Å². The molecule has 1 heterocycles. The molecule has 0 bridgehead atoms. The minimum absolute atomic E-state index is 0.102. The van der Waals surface area contributed by atoms with Crippen molar-refractivity contribution in [1.82, 2.24) is 9.55 Å². The number of nitrogens with zero attached hydrogens (tertiary/aromatic N) is 4. The summed E-state index contributed by atoms with van der Waals surface area (Å²) in [6.07, 6.45) is 0. The Hall–Kier alpha value is -2.68. The van der Waals surface area contributed by atoms with Gasteiger partial charge in [0.2, 0.25) is 0 Å². The maximum absolute atomic E-state index is 11.1. The third-order valence-electron chi connectivity index (χ3n) is 2.63. The van der Waals surface area contributed by atoms with E-state index in [4.69, 9.17) is 5.26 Å². The summed E-state index contributed by atoms with van der Waals surface area (Å²) in [5.74, 6) is 0.386. The monoisotopic (exact) mass is 242 g/mol. The van der Waals surface area contributed by atoms with Crippen LogP contribution in [-0.2, 0) is 0 Å². The Morgan fingerprint density at radius 3 is 2.67 bits per heavy atom. The van der Waals surface area contributed by atoms with Crippen molar-refractivity contribution in [3.05, 3.63) is 51.5 Å². The van der Waals surface area contributed by atoms with Crippen LogP contribution in [0.5, 0.6) is 0 Å². The second-order valence-corrected chi connectivity index (χ2v) is 3.79. The Bertz CT molecular complexity index is 667. The molecule has 0 aliphatic heterocycles. The number of hydrogen-bond donors (Lipinski definition) is 0. The Balaban J connectivity index is 2.80. The molecule has 0 fully saturated rings. The maximum atomic E-state index is 11.1. The molecule has 2 aromatic rings. The zero-order valence-electron chi connectivity index (χ0n) is 9.91. The molecule has 0 aliphatic carbocycles. The first-order valence-electron chi connectivity index (χ1n) is 5.26. The number of nitriles is 1. The van der Waals surface area contributed by atoms with Gasteiger partial charge >= 0.3 is 5.82 Å². The molecular formula is C12H10N4O2. The summed E-state index contributed by atoms with van der Waals surface area (Å²) in [5, 5.41) is 20.1. The van der Waals surface area contributed by atoms with E-state index in [0.29, 0.717) is 22.8 Å². The number of imidazole rings is 1. The van der Waals surface area contributed by atoms with Crippen molar-refractivity contribution < 1.29 is 4.92 Å². The summed E-state index contributed by atoms with van der Waals surface area (Å²) in [5.41, 5.74) is 1.19. The van der Waals surface area contributed by atoms with Gasteiger partial charge in [0, 0.05) is 6.92 Å². The van der Waals surface area contributed by atoms with Gasteiger partial charge in [0.05, 0.1) is 5.56 Å². The van der Waals surface area contributed by atoms with Gasteiger partial charge in [-0.1, -0.05) is 12.1 Å². The highest BCUT2D eigenvalue weighted by Crippen LogP contribution is 2.26. The van der Waals surface area contributed by atoms with E-state index in [2.05, 4.69) is 4.98 Å². The lowest BCUT2D eigenvalue weighted by molar-refractivity contribution is -0.391. The molecule has 1 aromatic carbocycles. The molecule has 0 spiro atoms. The van der Waals surface area contributed by atoms with Gasteiger partial charge < -0.3 is 10.1 Å². The van der Waals surface area contributed by atoms with Crippen molar-refractivity contribution in [2.45, 2.75) is 13.8 Å². The average molecular weight is 242 g/mol. The average Bonchev–Trinajstić information content (AvgIpc) is 2.64. The second kappa shape index (κ2) is 4.30. The van der Waals surface area contributed by atoms with E-state index >= 15 is 0 Å². The summed E-state index contributed by atoms with van der Waals surface area (Å²) in [6, 6.07) is 8.76. The second-order valence-electron chi connectivity index (χ2n) is 3.79. The number of aromatic nitrogens is 2. The van der Waals surface area contributed by atoms with E-state index in [1.54, 1.807) is 38.1 Å². The van der Waals surface area contributed by atoms with Gasteiger partial charge in [-0.25, -0.2) is 4.98 Å². The molecule has 0 amide bonds. The molecule has 0 N–H and O–H groups in total. The van der Waals surface area contributed by atoms with Crippen molar-refractivity contribution in [2.24, 2.45) is 0 Å². The van der Waals surface area contributed by atoms with E-state index in [-0.39, 0.29) is 5.82 Å². The van der Waals surface area contributed by atoms with E-state index in [9.17, 15) is 10.1 Å². The lowest BCUT2D eigenvalue weighted by atomic mass is 10.2. The minimum Gasteiger partial charge on any atom is -0.358 e. The van der Waals surface area contributed by atoms with E-state index in [1.165, 1.54) is 4.57 Å². The molecule has 0 atom stereocenters. The molecule has 0 unspecified atom stereocenters. The SMILES string of the molecule is Cc1nc(C)n(-c2ccccc2C#N)c1[N+](=O)[O-]. The van der Waals surface area contributed by atoms with Gasteiger partial charge in [0.15, 0.2) is 11.5 Å². The molecular weight excluding hydrogens is 232 g/mol. The van der Waals surface area contributed by atoms with Crippen molar-refractivity contribution in [1.29, 1.82) is 5.26 Å². The fraction of sp³-hybridized carbons (Fsp3) is 0.167. The Kier molecular flexibility index (Phi) is 2.81. The molecule has 6 heteroatoms. The first-order chi connectivity index (χ1) is 8.56. The van der Waals surface area contributed by atoms with E-state index < -0.39 is 4.92 Å². The number of nitro groups is 1. The number of hydrogen-bond acceptors (Lipinski definition) is 4. The van der Waals surface area contributed by atoms with Crippen LogP contribution in [0.15, 0.2) is 24.3 Å². The largest absolute Gasteiger partial charge is 0.358 e. The van der Waals surface area contributed by atoms with Crippen LogP contribution < -0.4 is 0 Å². The lowest BCUT2D eigenvalue weighted by Gasteiger charge is -2.04. The smallest absolute Gasteiger partial charge is 0.350 e. The summed E-state index contributed by atoms with van der Waals surface area (Å²) in [4.78, 5) is 14.7. The van der Waals surface area contributed by atoms with E-state index in [0.717, 1.165) is 0 Å². The maximum Gasteiger partial charge on any atom is 0.350 e. The van der Waals surface area contributed by atoms with Gasteiger partial charge in [-0.15, -0.1) is 0 Å². The summed E-state index contributed by atoms with van der Waals surface area (Å²) >= 11 is 0. The molecule has 0 saturated carbocycles. The van der Waals surface area contributed by atoms with Crippen LogP contribution in [0.1, 0.15) is 17.1 Å². The van der Waals surface area contributed by atoms with Crippen LogP contribution in [0.25, 0.3) is 5.69 Å². The molecule has 1 aromatic heterocycles. The normalized spacial score (nSPS) is 10.1. The van der Waals surface area contributed by atoms with Gasteiger partial charge in [-0.3, -0.25) is 0 Å². The number of aryl methyl sites for hydroxylation is 2. The van der Waals surface area contributed by atoms with Crippen molar-refractivity contribution in [2.75, 3.05) is 0 Å². The van der Waals surface area contributed by atoms with Gasteiger partial charge in [-0.05, 0) is 24.0 Å². The highest BCUT2D eigenvalue weighted by atomic mass is 16.6. The van der Waals surface area contributed by atoms with Crippen molar-refractivity contribution in [3.63, 3.8) is 0 Å². The van der Waals surface area contributed by atoms with Crippen molar-refractivity contribution in [3.8, 4) is 11.8 Å². The van der Waals surface area contributed by atoms with Crippen LogP contribution in [-0.4, -0.2) is 14.5 Å². The summed E-state index contributed by atoms with van der Waals surface area (Å²) < 4.78 is 1.40. The standard InChI is InChI=1S/C12H10N4O2/c1-8-12(16(17)18)15(9(2)14-8)11-6-4-3-5-10(11)7-13/h3-6H,1-2H3.